The summed E-state index contributed by atoms with van der Waals surface area (Å²) in [5.41, 5.74) is 2.34. The zero-order valence-corrected chi connectivity index (χ0v) is 9.79. The number of nitrogens with zero attached hydrogens (tertiary/aromatic N) is 3. The van der Waals surface area contributed by atoms with Gasteiger partial charge in [0.2, 0.25) is 5.91 Å². The second-order valence-electron chi connectivity index (χ2n) is 2.78. The Balaban J connectivity index is 1.81. The van der Waals surface area contributed by atoms with Gasteiger partial charge in [0.25, 0.3) is 0 Å². The Kier molecular flexibility index (Phi) is 3.84. The molecule has 5 nitrogen and oxygen atoms in total. The summed E-state index contributed by atoms with van der Waals surface area (Å²) in [6.07, 6.45) is 3.26. The lowest BCUT2D eigenvalue weighted by Crippen LogP contribution is -2.13. The minimum Gasteiger partial charge on any atom is -0.324 e. The van der Waals surface area contributed by atoms with Crippen LogP contribution in [-0.4, -0.2) is 26.8 Å². The van der Waals surface area contributed by atoms with Crippen LogP contribution in [0, 0.1) is 0 Å². The summed E-state index contributed by atoms with van der Waals surface area (Å²) in [4.78, 5) is 15.4. The number of hydrogen-bond donors (Lipinski definition) is 1. The largest absolute Gasteiger partial charge is 0.324 e. The number of rotatable bonds is 4. The standard InChI is InChI=1S/C9H8N4OS2/c14-8(5-15-9-13-11-6-16-9)12-7-2-1-3-10-4-7/h1-4,6H,5H2,(H,12,14). The lowest BCUT2D eigenvalue weighted by Gasteiger charge is -2.02. The molecule has 16 heavy (non-hydrogen) atoms. The number of anilines is 1. The first-order valence-electron chi connectivity index (χ1n) is 4.43. The molecular formula is C9H8N4OS2. The van der Waals surface area contributed by atoms with E-state index in [2.05, 4.69) is 20.5 Å². The van der Waals surface area contributed by atoms with Crippen molar-refractivity contribution in [2.24, 2.45) is 0 Å². The Hall–Kier alpha value is -1.47. The number of aromatic nitrogens is 3. The van der Waals surface area contributed by atoms with E-state index in [0.29, 0.717) is 11.4 Å². The molecule has 0 fully saturated rings. The Bertz CT molecular complexity index is 446. The molecular weight excluding hydrogens is 244 g/mol. The first kappa shape index (κ1) is 11.0. The molecule has 0 atom stereocenters. The summed E-state index contributed by atoms with van der Waals surface area (Å²) in [6.45, 7) is 0. The van der Waals surface area contributed by atoms with Gasteiger partial charge in [-0.2, -0.15) is 0 Å². The molecule has 0 spiro atoms. The van der Waals surface area contributed by atoms with Gasteiger partial charge in [-0.1, -0.05) is 23.1 Å². The summed E-state index contributed by atoms with van der Waals surface area (Å²) in [5, 5.41) is 10.3. The maximum absolute atomic E-state index is 11.5. The number of thioether (sulfide) groups is 1. The van der Waals surface area contributed by atoms with Crippen LogP contribution >= 0.6 is 23.1 Å². The minimum atomic E-state index is -0.0757. The number of hydrogen-bond acceptors (Lipinski definition) is 6. The highest BCUT2D eigenvalue weighted by molar-refractivity contribution is 8.01. The Morgan fingerprint density at radius 2 is 2.50 bits per heavy atom. The third kappa shape index (κ3) is 3.28. The van der Waals surface area contributed by atoms with E-state index < -0.39 is 0 Å². The summed E-state index contributed by atoms with van der Waals surface area (Å²) in [5.74, 6) is 0.248. The Morgan fingerprint density at radius 3 is 3.19 bits per heavy atom. The average molecular weight is 252 g/mol. The molecule has 0 aliphatic heterocycles. The second-order valence-corrected chi connectivity index (χ2v) is 4.84. The van der Waals surface area contributed by atoms with Gasteiger partial charge in [-0.15, -0.1) is 10.2 Å². The van der Waals surface area contributed by atoms with Crippen molar-refractivity contribution in [1.82, 2.24) is 15.2 Å². The fourth-order valence-corrected chi connectivity index (χ4v) is 2.28. The molecule has 1 amide bonds. The van der Waals surface area contributed by atoms with Crippen molar-refractivity contribution < 1.29 is 4.79 Å². The topological polar surface area (TPSA) is 67.8 Å². The van der Waals surface area contributed by atoms with Gasteiger partial charge in [-0.25, -0.2) is 0 Å². The lowest BCUT2D eigenvalue weighted by atomic mass is 10.4. The lowest BCUT2D eigenvalue weighted by molar-refractivity contribution is -0.113. The minimum absolute atomic E-state index is 0.0757. The molecule has 82 valence electrons. The van der Waals surface area contributed by atoms with E-state index in [1.165, 1.54) is 23.1 Å². The summed E-state index contributed by atoms with van der Waals surface area (Å²) in [7, 11) is 0. The second kappa shape index (κ2) is 5.57. The zero-order valence-electron chi connectivity index (χ0n) is 8.16. The molecule has 2 heterocycles. The van der Waals surface area contributed by atoms with Crippen LogP contribution in [0.25, 0.3) is 0 Å². The maximum Gasteiger partial charge on any atom is 0.234 e. The first-order chi connectivity index (χ1) is 7.84. The molecule has 0 aliphatic carbocycles. The predicted octanol–water partition coefficient (Wildman–Crippen LogP) is 1.66. The van der Waals surface area contributed by atoms with Gasteiger partial charge in [0.15, 0.2) is 4.34 Å². The van der Waals surface area contributed by atoms with E-state index in [-0.39, 0.29) is 5.91 Å². The normalized spacial score (nSPS) is 10.0. The number of pyridine rings is 1. The van der Waals surface area contributed by atoms with E-state index in [9.17, 15) is 4.79 Å². The number of carbonyl (C=O) groups is 1. The van der Waals surface area contributed by atoms with E-state index in [4.69, 9.17) is 0 Å². The molecule has 0 radical (unpaired) electrons. The van der Waals surface area contributed by atoms with Crippen molar-refractivity contribution in [3.63, 3.8) is 0 Å². The van der Waals surface area contributed by atoms with E-state index in [1.807, 2.05) is 0 Å². The number of amides is 1. The monoisotopic (exact) mass is 252 g/mol. The highest BCUT2D eigenvalue weighted by Gasteiger charge is 2.05. The van der Waals surface area contributed by atoms with Crippen LogP contribution < -0.4 is 5.32 Å². The van der Waals surface area contributed by atoms with Gasteiger partial charge in [-0.05, 0) is 12.1 Å². The van der Waals surface area contributed by atoms with Gasteiger partial charge in [0.1, 0.15) is 5.51 Å². The summed E-state index contributed by atoms with van der Waals surface area (Å²) >= 11 is 2.79. The summed E-state index contributed by atoms with van der Waals surface area (Å²) in [6, 6.07) is 3.56. The Morgan fingerprint density at radius 1 is 1.56 bits per heavy atom. The van der Waals surface area contributed by atoms with E-state index in [0.717, 1.165) is 4.34 Å². The molecule has 0 unspecified atom stereocenters. The van der Waals surface area contributed by atoms with Gasteiger partial charge in [0, 0.05) is 6.20 Å². The highest BCUT2D eigenvalue weighted by Crippen LogP contribution is 2.18. The van der Waals surface area contributed by atoms with Gasteiger partial charge in [-0.3, -0.25) is 9.78 Å². The van der Waals surface area contributed by atoms with Crippen molar-refractivity contribution in [3.8, 4) is 0 Å². The van der Waals surface area contributed by atoms with Gasteiger partial charge in [0.05, 0.1) is 17.6 Å². The van der Waals surface area contributed by atoms with Crippen molar-refractivity contribution in [1.29, 1.82) is 0 Å². The third-order valence-electron chi connectivity index (χ3n) is 1.61. The van der Waals surface area contributed by atoms with Crippen molar-refractivity contribution in [2.45, 2.75) is 4.34 Å². The molecule has 0 saturated heterocycles. The fourth-order valence-electron chi connectivity index (χ4n) is 0.987. The molecule has 7 heteroatoms. The van der Waals surface area contributed by atoms with Crippen LogP contribution in [0.2, 0.25) is 0 Å². The zero-order chi connectivity index (χ0) is 11.2. The molecule has 0 aliphatic rings. The third-order valence-corrected chi connectivity index (χ3v) is 3.47. The van der Waals surface area contributed by atoms with Crippen molar-refractivity contribution in [2.75, 3.05) is 11.1 Å². The Labute approximate surface area is 100 Å². The summed E-state index contributed by atoms with van der Waals surface area (Å²) < 4.78 is 0.793. The highest BCUT2D eigenvalue weighted by atomic mass is 32.2. The molecule has 0 bridgehead atoms. The average Bonchev–Trinajstić information content (AvgIpc) is 2.81. The van der Waals surface area contributed by atoms with Crippen LogP contribution in [0.5, 0.6) is 0 Å². The molecule has 2 aromatic heterocycles. The molecule has 2 aromatic rings. The quantitative estimate of drug-likeness (QED) is 0.838. The number of carbonyl (C=O) groups excluding carboxylic acids is 1. The van der Waals surface area contributed by atoms with E-state index in [1.54, 1.807) is 30.0 Å². The predicted molar refractivity (Wildman–Crippen MR) is 63.5 cm³/mol. The van der Waals surface area contributed by atoms with Crippen LogP contribution in [0.3, 0.4) is 0 Å². The van der Waals surface area contributed by atoms with Crippen LogP contribution in [0.4, 0.5) is 5.69 Å². The molecule has 1 N–H and O–H groups in total. The van der Waals surface area contributed by atoms with Gasteiger partial charge < -0.3 is 5.32 Å². The molecule has 0 aromatic carbocycles. The smallest absolute Gasteiger partial charge is 0.234 e. The number of nitrogens with one attached hydrogen (secondary N) is 1. The van der Waals surface area contributed by atoms with Crippen LogP contribution in [0.15, 0.2) is 34.4 Å². The molecule has 0 saturated carbocycles. The first-order valence-corrected chi connectivity index (χ1v) is 6.30. The van der Waals surface area contributed by atoms with Crippen molar-refractivity contribution in [3.05, 3.63) is 30.0 Å². The fraction of sp³-hybridized carbons (Fsp3) is 0.111. The molecule has 2 rings (SSSR count). The van der Waals surface area contributed by atoms with Gasteiger partial charge >= 0.3 is 0 Å². The maximum atomic E-state index is 11.5. The van der Waals surface area contributed by atoms with Crippen LogP contribution in [0.1, 0.15) is 0 Å². The SMILES string of the molecule is O=C(CSc1nncs1)Nc1cccnc1. The van der Waals surface area contributed by atoms with Crippen molar-refractivity contribution >= 4 is 34.7 Å². The van der Waals surface area contributed by atoms with E-state index >= 15 is 0 Å². The van der Waals surface area contributed by atoms with Crippen LogP contribution in [-0.2, 0) is 4.79 Å².